The first-order valence-electron chi connectivity index (χ1n) is 11.1. The van der Waals surface area contributed by atoms with Crippen LogP contribution in [0.3, 0.4) is 0 Å². The molecule has 0 unspecified atom stereocenters. The predicted molar refractivity (Wildman–Crippen MR) is 121 cm³/mol. The molecular weight excluding hydrogens is 426 g/mol. The third-order valence-electron chi connectivity index (χ3n) is 6.06. The van der Waals surface area contributed by atoms with E-state index in [0.717, 1.165) is 0 Å². The lowest BCUT2D eigenvalue weighted by molar-refractivity contribution is -0.151. The maximum absolute atomic E-state index is 13.7. The minimum absolute atomic E-state index is 0.191. The van der Waals surface area contributed by atoms with Gasteiger partial charge in [0, 0.05) is 22.9 Å². The smallest absolute Gasteiger partial charge is 0.336 e. The lowest BCUT2D eigenvalue weighted by Crippen LogP contribution is -2.43. The molecule has 8 nitrogen and oxygen atoms in total. The van der Waals surface area contributed by atoms with E-state index >= 15 is 0 Å². The SMILES string of the molecule is CCOC(=O)C1=C(C)NC2=C(C(=O)[C@@H](C(=O)OC)[C@@H](C)C2)[C@@H]1c1ccc(OCC)c(OC)c1. The van der Waals surface area contributed by atoms with Crippen LogP contribution in [0.5, 0.6) is 11.5 Å². The molecule has 1 aromatic rings. The molecule has 1 heterocycles. The molecule has 0 fully saturated rings. The van der Waals surface area contributed by atoms with Gasteiger partial charge in [0.15, 0.2) is 17.3 Å². The summed E-state index contributed by atoms with van der Waals surface area (Å²) in [5.41, 5.74) is 2.69. The number of dihydropyridines is 1. The van der Waals surface area contributed by atoms with Gasteiger partial charge in [-0.2, -0.15) is 0 Å². The molecular formula is C25H31NO7. The van der Waals surface area contributed by atoms with Crippen LogP contribution in [-0.4, -0.2) is 45.2 Å². The summed E-state index contributed by atoms with van der Waals surface area (Å²) in [6, 6.07) is 5.32. The van der Waals surface area contributed by atoms with Gasteiger partial charge in [-0.1, -0.05) is 13.0 Å². The van der Waals surface area contributed by atoms with Crippen LogP contribution in [-0.2, 0) is 23.9 Å². The fourth-order valence-corrected chi connectivity index (χ4v) is 4.63. The van der Waals surface area contributed by atoms with E-state index in [2.05, 4.69) is 5.32 Å². The van der Waals surface area contributed by atoms with Crippen molar-refractivity contribution in [1.82, 2.24) is 5.32 Å². The van der Waals surface area contributed by atoms with Gasteiger partial charge in [-0.3, -0.25) is 9.59 Å². The van der Waals surface area contributed by atoms with Gasteiger partial charge in [-0.05, 0) is 50.8 Å². The van der Waals surface area contributed by atoms with Gasteiger partial charge in [0.25, 0.3) is 0 Å². The van der Waals surface area contributed by atoms with E-state index in [4.69, 9.17) is 18.9 Å². The zero-order chi connectivity index (χ0) is 24.3. The molecule has 178 valence electrons. The number of rotatable bonds is 7. The molecule has 0 aromatic heterocycles. The average Bonchev–Trinajstić information content (AvgIpc) is 2.78. The van der Waals surface area contributed by atoms with Crippen molar-refractivity contribution in [3.05, 3.63) is 46.3 Å². The van der Waals surface area contributed by atoms with Gasteiger partial charge in [-0.25, -0.2) is 4.79 Å². The van der Waals surface area contributed by atoms with Crippen LogP contribution in [0.2, 0.25) is 0 Å². The Bertz CT molecular complexity index is 1020. The molecule has 1 N–H and O–H groups in total. The molecule has 0 saturated heterocycles. The van der Waals surface area contributed by atoms with E-state index in [-0.39, 0.29) is 18.3 Å². The zero-order valence-corrected chi connectivity index (χ0v) is 19.9. The Labute approximate surface area is 193 Å². The fourth-order valence-electron chi connectivity index (χ4n) is 4.63. The van der Waals surface area contributed by atoms with Crippen molar-refractivity contribution < 1.29 is 33.3 Å². The summed E-state index contributed by atoms with van der Waals surface area (Å²) in [5, 5.41) is 3.24. The Morgan fingerprint density at radius 1 is 1.12 bits per heavy atom. The van der Waals surface area contributed by atoms with Crippen molar-refractivity contribution in [1.29, 1.82) is 0 Å². The Hall–Kier alpha value is -3.29. The predicted octanol–water partition coefficient (Wildman–Crippen LogP) is 3.27. The molecule has 0 spiro atoms. The molecule has 1 aromatic carbocycles. The van der Waals surface area contributed by atoms with Crippen LogP contribution < -0.4 is 14.8 Å². The first-order valence-corrected chi connectivity index (χ1v) is 11.1. The Morgan fingerprint density at radius 3 is 2.45 bits per heavy atom. The second-order valence-electron chi connectivity index (χ2n) is 8.10. The van der Waals surface area contributed by atoms with Crippen LogP contribution in [0.25, 0.3) is 0 Å². The molecule has 0 amide bonds. The molecule has 33 heavy (non-hydrogen) atoms. The van der Waals surface area contributed by atoms with Crippen molar-refractivity contribution in [3.8, 4) is 11.5 Å². The Morgan fingerprint density at radius 2 is 1.85 bits per heavy atom. The Balaban J connectivity index is 2.21. The number of carbonyl (C=O) groups excluding carboxylic acids is 3. The van der Waals surface area contributed by atoms with Crippen LogP contribution in [0.15, 0.2) is 40.7 Å². The molecule has 0 radical (unpaired) electrons. The minimum atomic E-state index is -0.940. The summed E-state index contributed by atoms with van der Waals surface area (Å²) in [4.78, 5) is 39.2. The van der Waals surface area contributed by atoms with Gasteiger partial charge >= 0.3 is 11.9 Å². The number of ketones is 1. The highest BCUT2D eigenvalue weighted by Gasteiger charge is 2.47. The van der Waals surface area contributed by atoms with E-state index in [1.165, 1.54) is 14.2 Å². The fraction of sp³-hybridized carbons (Fsp3) is 0.480. The zero-order valence-electron chi connectivity index (χ0n) is 19.9. The van der Waals surface area contributed by atoms with E-state index in [1.807, 2.05) is 13.8 Å². The minimum Gasteiger partial charge on any atom is -0.493 e. The summed E-state index contributed by atoms with van der Waals surface area (Å²) in [6.07, 6.45) is 0.471. The molecule has 3 rings (SSSR count). The summed E-state index contributed by atoms with van der Waals surface area (Å²) in [6.45, 7) is 7.89. The number of carbonyl (C=O) groups is 3. The number of nitrogens with one attached hydrogen (secondary N) is 1. The third-order valence-corrected chi connectivity index (χ3v) is 6.06. The van der Waals surface area contributed by atoms with Gasteiger partial charge in [-0.15, -0.1) is 0 Å². The van der Waals surface area contributed by atoms with Gasteiger partial charge in [0.05, 0.1) is 33.0 Å². The van der Waals surface area contributed by atoms with E-state index in [0.29, 0.717) is 52.6 Å². The normalized spacial score (nSPS) is 22.4. The monoisotopic (exact) mass is 457 g/mol. The first kappa shape index (κ1) is 24.4. The van der Waals surface area contributed by atoms with E-state index in [9.17, 15) is 14.4 Å². The number of hydrogen-bond donors (Lipinski definition) is 1. The summed E-state index contributed by atoms with van der Waals surface area (Å²) < 4.78 is 21.4. The highest BCUT2D eigenvalue weighted by molar-refractivity contribution is 6.12. The molecule has 8 heteroatoms. The maximum atomic E-state index is 13.7. The largest absolute Gasteiger partial charge is 0.493 e. The number of hydrogen-bond acceptors (Lipinski definition) is 8. The van der Waals surface area contributed by atoms with Crippen molar-refractivity contribution in [2.75, 3.05) is 27.4 Å². The number of esters is 2. The number of ether oxygens (including phenoxy) is 4. The first-order chi connectivity index (χ1) is 15.8. The summed E-state index contributed by atoms with van der Waals surface area (Å²) >= 11 is 0. The van der Waals surface area contributed by atoms with Gasteiger partial charge < -0.3 is 24.3 Å². The van der Waals surface area contributed by atoms with Crippen LogP contribution in [0, 0.1) is 11.8 Å². The third kappa shape index (κ3) is 4.47. The van der Waals surface area contributed by atoms with Gasteiger partial charge in [0.2, 0.25) is 0 Å². The standard InChI is InChI=1S/C25H31NO7/c1-7-32-17-10-9-15(12-18(17)30-5)21-20(25(29)33-8-2)14(4)26-16-11-13(3)19(24(28)31-6)23(27)22(16)21/h9-10,12-13,19,21,26H,7-8,11H2,1-6H3/t13-,19-,21+/m0/s1. The second kappa shape index (κ2) is 10.1. The van der Waals surface area contributed by atoms with Crippen molar-refractivity contribution in [2.45, 2.75) is 40.0 Å². The van der Waals surface area contributed by atoms with Crippen molar-refractivity contribution in [3.63, 3.8) is 0 Å². The molecule has 1 aliphatic carbocycles. The van der Waals surface area contributed by atoms with Crippen LogP contribution in [0.4, 0.5) is 0 Å². The van der Waals surface area contributed by atoms with Crippen molar-refractivity contribution >= 4 is 17.7 Å². The van der Waals surface area contributed by atoms with Crippen molar-refractivity contribution in [2.24, 2.45) is 11.8 Å². The highest BCUT2D eigenvalue weighted by atomic mass is 16.5. The number of allylic oxidation sites excluding steroid dienone is 3. The number of benzene rings is 1. The van der Waals surface area contributed by atoms with E-state index in [1.54, 1.807) is 32.0 Å². The highest BCUT2D eigenvalue weighted by Crippen LogP contribution is 2.46. The Kier molecular flexibility index (Phi) is 7.46. The summed E-state index contributed by atoms with van der Waals surface area (Å²) in [7, 11) is 2.80. The summed E-state index contributed by atoms with van der Waals surface area (Å²) in [5.74, 6) is -2.32. The molecule has 0 bridgehead atoms. The molecule has 2 aliphatic rings. The lowest BCUT2D eigenvalue weighted by Gasteiger charge is -2.38. The molecule has 3 atom stereocenters. The number of Topliss-reactive ketones (excluding diaryl/α,β-unsaturated/α-hetero) is 1. The molecule has 1 aliphatic heterocycles. The lowest BCUT2D eigenvalue weighted by atomic mass is 9.69. The topological polar surface area (TPSA) is 100 Å². The van der Waals surface area contributed by atoms with Crippen LogP contribution in [0.1, 0.15) is 45.6 Å². The average molecular weight is 458 g/mol. The maximum Gasteiger partial charge on any atom is 0.336 e. The number of methoxy groups -OCH3 is 2. The second-order valence-corrected chi connectivity index (χ2v) is 8.10. The van der Waals surface area contributed by atoms with E-state index < -0.39 is 23.8 Å². The quantitative estimate of drug-likeness (QED) is 0.492. The van der Waals surface area contributed by atoms with Crippen LogP contribution >= 0.6 is 0 Å². The van der Waals surface area contributed by atoms with Gasteiger partial charge in [0.1, 0.15) is 5.92 Å². The molecule has 0 saturated carbocycles.